The van der Waals surface area contributed by atoms with E-state index in [2.05, 4.69) is 15.3 Å². The van der Waals surface area contributed by atoms with E-state index in [0.717, 1.165) is 12.2 Å². The highest BCUT2D eigenvalue weighted by Gasteiger charge is 2.14. The van der Waals surface area contributed by atoms with Gasteiger partial charge in [0.05, 0.1) is 17.4 Å². The number of benzene rings is 2. The lowest BCUT2D eigenvalue weighted by Gasteiger charge is -2.20. The monoisotopic (exact) mass is 376 g/mol. The molecule has 0 atom stereocenters. The van der Waals surface area contributed by atoms with Crippen LogP contribution in [0.1, 0.15) is 31.1 Å². The van der Waals surface area contributed by atoms with Crippen molar-refractivity contribution in [2.75, 3.05) is 16.8 Å². The fourth-order valence-electron chi connectivity index (χ4n) is 2.75. The van der Waals surface area contributed by atoms with Crippen molar-refractivity contribution in [1.29, 1.82) is 0 Å². The minimum atomic E-state index is -0.283. The number of aromatic nitrogens is 2. The van der Waals surface area contributed by atoms with Gasteiger partial charge in [0.25, 0.3) is 5.91 Å². The van der Waals surface area contributed by atoms with Crippen LogP contribution in [0.25, 0.3) is 0 Å². The van der Waals surface area contributed by atoms with Crippen molar-refractivity contribution in [2.24, 2.45) is 0 Å². The SMILES string of the molecule is CCN(c1ccccc1)c1ncc(C(=O)Nc2ccccc2OC(C)C)cn1. The molecule has 6 heteroatoms. The number of carbonyl (C=O) groups is 1. The third kappa shape index (κ3) is 4.65. The molecule has 3 aromatic rings. The lowest BCUT2D eigenvalue weighted by atomic mass is 10.2. The number of hydrogen-bond donors (Lipinski definition) is 1. The molecule has 28 heavy (non-hydrogen) atoms. The van der Waals surface area contributed by atoms with E-state index in [9.17, 15) is 4.79 Å². The Morgan fingerprint density at radius 2 is 1.68 bits per heavy atom. The molecule has 0 saturated heterocycles. The number of carbonyl (C=O) groups excluding carboxylic acids is 1. The molecule has 0 aliphatic carbocycles. The maximum Gasteiger partial charge on any atom is 0.258 e. The van der Waals surface area contributed by atoms with Crippen LogP contribution in [-0.4, -0.2) is 28.5 Å². The van der Waals surface area contributed by atoms with Gasteiger partial charge in [0.15, 0.2) is 0 Å². The topological polar surface area (TPSA) is 67.4 Å². The second-order valence-corrected chi connectivity index (χ2v) is 6.47. The maximum absolute atomic E-state index is 12.6. The van der Waals surface area contributed by atoms with Crippen molar-refractivity contribution >= 4 is 23.2 Å². The second kappa shape index (κ2) is 8.99. The summed E-state index contributed by atoms with van der Waals surface area (Å²) in [4.78, 5) is 23.4. The Labute approximate surface area is 165 Å². The highest BCUT2D eigenvalue weighted by atomic mass is 16.5. The van der Waals surface area contributed by atoms with Crippen molar-refractivity contribution < 1.29 is 9.53 Å². The Morgan fingerprint density at radius 3 is 2.32 bits per heavy atom. The average molecular weight is 376 g/mol. The number of ether oxygens (including phenoxy) is 1. The molecule has 3 rings (SSSR count). The first-order chi connectivity index (χ1) is 13.6. The van der Waals surface area contributed by atoms with Crippen molar-refractivity contribution in [3.05, 3.63) is 72.6 Å². The van der Waals surface area contributed by atoms with Crippen molar-refractivity contribution in [1.82, 2.24) is 9.97 Å². The minimum Gasteiger partial charge on any atom is -0.489 e. The summed E-state index contributed by atoms with van der Waals surface area (Å²) in [5.41, 5.74) is 2.00. The predicted molar refractivity (Wildman–Crippen MR) is 111 cm³/mol. The van der Waals surface area contributed by atoms with Gasteiger partial charge in [-0.1, -0.05) is 30.3 Å². The fraction of sp³-hybridized carbons (Fsp3) is 0.227. The summed E-state index contributed by atoms with van der Waals surface area (Å²) in [6.45, 7) is 6.63. The number of anilines is 3. The molecule has 0 fully saturated rings. The van der Waals surface area contributed by atoms with E-state index in [-0.39, 0.29) is 12.0 Å². The molecule has 0 radical (unpaired) electrons. The Morgan fingerprint density at radius 1 is 1.04 bits per heavy atom. The van der Waals surface area contributed by atoms with Gasteiger partial charge in [-0.25, -0.2) is 9.97 Å². The van der Waals surface area contributed by atoms with Crippen molar-refractivity contribution in [3.8, 4) is 5.75 Å². The third-order valence-corrected chi connectivity index (χ3v) is 4.02. The van der Waals surface area contributed by atoms with Gasteiger partial charge in [0.1, 0.15) is 5.75 Å². The molecule has 1 heterocycles. The number of amides is 1. The largest absolute Gasteiger partial charge is 0.489 e. The number of hydrogen-bond acceptors (Lipinski definition) is 5. The zero-order valence-electron chi connectivity index (χ0n) is 16.3. The molecule has 0 spiro atoms. The molecular weight excluding hydrogens is 352 g/mol. The maximum atomic E-state index is 12.6. The summed E-state index contributed by atoms with van der Waals surface area (Å²) in [6, 6.07) is 17.3. The summed E-state index contributed by atoms with van der Waals surface area (Å²) in [6.07, 6.45) is 3.09. The van der Waals surface area contributed by atoms with Gasteiger partial charge < -0.3 is 15.0 Å². The third-order valence-electron chi connectivity index (χ3n) is 4.02. The first-order valence-corrected chi connectivity index (χ1v) is 9.30. The molecule has 2 aromatic carbocycles. The van der Waals surface area contributed by atoms with Crippen molar-refractivity contribution in [2.45, 2.75) is 26.9 Å². The zero-order chi connectivity index (χ0) is 19.9. The zero-order valence-corrected chi connectivity index (χ0v) is 16.3. The van der Waals surface area contributed by atoms with Crippen LogP contribution in [0.5, 0.6) is 5.75 Å². The van der Waals surface area contributed by atoms with E-state index in [4.69, 9.17) is 4.74 Å². The normalized spacial score (nSPS) is 10.6. The van der Waals surface area contributed by atoms with E-state index in [1.807, 2.05) is 74.2 Å². The second-order valence-electron chi connectivity index (χ2n) is 6.47. The molecule has 0 unspecified atom stereocenters. The van der Waals surface area contributed by atoms with Crippen LogP contribution in [0.3, 0.4) is 0 Å². The summed E-state index contributed by atoms with van der Waals surface area (Å²) in [5.74, 6) is 0.896. The summed E-state index contributed by atoms with van der Waals surface area (Å²) in [7, 11) is 0. The highest BCUT2D eigenvalue weighted by Crippen LogP contribution is 2.26. The number of nitrogens with one attached hydrogen (secondary N) is 1. The summed E-state index contributed by atoms with van der Waals surface area (Å²) in [5, 5.41) is 2.87. The van der Waals surface area contributed by atoms with Crippen LogP contribution in [0.4, 0.5) is 17.3 Å². The molecule has 0 bridgehead atoms. The Balaban J connectivity index is 1.76. The van der Waals surface area contributed by atoms with Gasteiger partial charge in [0.2, 0.25) is 5.95 Å². The highest BCUT2D eigenvalue weighted by molar-refractivity contribution is 6.04. The van der Waals surface area contributed by atoms with Gasteiger partial charge in [-0.15, -0.1) is 0 Å². The molecule has 144 valence electrons. The number of rotatable bonds is 7. The Hall–Kier alpha value is -3.41. The summed E-state index contributed by atoms with van der Waals surface area (Å²) < 4.78 is 5.74. The molecular formula is C22H24N4O2. The van der Waals surface area contributed by atoms with Crippen LogP contribution in [0.2, 0.25) is 0 Å². The van der Waals surface area contributed by atoms with Gasteiger partial charge in [0, 0.05) is 24.6 Å². The van der Waals surface area contributed by atoms with E-state index in [0.29, 0.717) is 22.9 Å². The molecule has 0 saturated carbocycles. The Kier molecular flexibility index (Phi) is 6.22. The first-order valence-electron chi connectivity index (χ1n) is 9.30. The smallest absolute Gasteiger partial charge is 0.258 e. The Bertz CT molecular complexity index is 911. The molecule has 0 aliphatic rings. The van der Waals surface area contributed by atoms with Gasteiger partial charge in [-0.3, -0.25) is 4.79 Å². The van der Waals surface area contributed by atoms with Gasteiger partial charge in [-0.2, -0.15) is 0 Å². The molecule has 1 aromatic heterocycles. The standard InChI is InChI=1S/C22H24N4O2/c1-4-26(18-10-6-5-7-11-18)22-23-14-17(15-24-22)21(27)25-19-12-8-9-13-20(19)28-16(2)3/h5-16H,4H2,1-3H3,(H,25,27). The number of para-hydroxylation sites is 3. The van der Waals surface area contributed by atoms with E-state index in [1.54, 1.807) is 6.07 Å². The van der Waals surface area contributed by atoms with E-state index in [1.165, 1.54) is 12.4 Å². The van der Waals surface area contributed by atoms with E-state index < -0.39 is 0 Å². The fourth-order valence-corrected chi connectivity index (χ4v) is 2.75. The molecule has 1 amide bonds. The molecule has 0 aliphatic heterocycles. The van der Waals surface area contributed by atoms with Crippen LogP contribution in [-0.2, 0) is 0 Å². The predicted octanol–water partition coefficient (Wildman–Crippen LogP) is 4.67. The minimum absolute atomic E-state index is 0.0127. The first kappa shape index (κ1) is 19.4. The van der Waals surface area contributed by atoms with Crippen LogP contribution >= 0.6 is 0 Å². The van der Waals surface area contributed by atoms with Crippen LogP contribution in [0.15, 0.2) is 67.0 Å². The average Bonchev–Trinajstić information content (AvgIpc) is 2.71. The quantitative estimate of drug-likeness (QED) is 0.649. The van der Waals surface area contributed by atoms with E-state index >= 15 is 0 Å². The molecule has 6 nitrogen and oxygen atoms in total. The van der Waals surface area contributed by atoms with Gasteiger partial charge >= 0.3 is 0 Å². The van der Waals surface area contributed by atoms with Crippen LogP contribution < -0.4 is 15.0 Å². The van der Waals surface area contributed by atoms with Crippen LogP contribution in [0, 0.1) is 0 Å². The number of nitrogens with zero attached hydrogens (tertiary/aromatic N) is 3. The summed E-state index contributed by atoms with van der Waals surface area (Å²) >= 11 is 0. The van der Waals surface area contributed by atoms with Gasteiger partial charge in [-0.05, 0) is 45.0 Å². The lowest BCUT2D eigenvalue weighted by Crippen LogP contribution is -2.20. The lowest BCUT2D eigenvalue weighted by molar-refractivity contribution is 0.102. The molecule has 1 N–H and O–H groups in total. The van der Waals surface area contributed by atoms with Crippen molar-refractivity contribution in [3.63, 3.8) is 0 Å².